The highest BCUT2D eigenvalue weighted by molar-refractivity contribution is 6.45. The molecular weight excluding hydrogens is 937 g/mol. The quantitative estimate of drug-likeness (QED) is 0.0315. The molecule has 2 aliphatic rings. The van der Waals surface area contributed by atoms with Crippen molar-refractivity contribution in [3.05, 3.63) is 180 Å². The molecule has 0 bridgehead atoms. The van der Waals surface area contributed by atoms with Gasteiger partial charge >= 0.3 is 0 Å². The third-order valence-electron chi connectivity index (χ3n) is 13.5. The number of benzene rings is 3. The van der Waals surface area contributed by atoms with Crippen molar-refractivity contribution in [2.75, 3.05) is 36.2 Å². The molecule has 374 valence electrons. The molecule has 2 aliphatic heterocycles. The molecule has 73 heavy (non-hydrogen) atoms. The van der Waals surface area contributed by atoms with E-state index in [9.17, 15) is 38.3 Å². The Morgan fingerprint density at radius 1 is 0.685 bits per heavy atom. The molecule has 6 heterocycles. The molecule has 0 aliphatic carbocycles. The third kappa shape index (κ3) is 10.1. The molecule has 0 spiro atoms. The van der Waals surface area contributed by atoms with Crippen molar-refractivity contribution < 1.29 is 33.1 Å². The maximum atomic E-state index is 14.8. The number of anilines is 2. The van der Waals surface area contributed by atoms with Crippen molar-refractivity contribution in [3.8, 4) is 6.07 Å². The number of carbonyl (C=O) groups excluding carboxylic acids is 4. The van der Waals surface area contributed by atoms with Crippen molar-refractivity contribution in [2.24, 2.45) is 35.0 Å². The molecule has 7 aromatic rings. The monoisotopic (exact) mass is 989 g/mol. The number of carbonyl (C=O) groups is 4. The van der Waals surface area contributed by atoms with Gasteiger partial charge in [0, 0.05) is 63.4 Å². The summed E-state index contributed by atoms with van der Waals surface area (Å²) < 4.78 is 29.4. The van der Waals surface area contributed by atoms with Gasteiger partial charge in [-0.3, -0.25) is 29.2 Å². The van der Waals surface area contributed by atoms with Gasteiger partial charge in [-0.15, -0.1) is 0 Å². The van der Waals surface area contributed by atoms with Crippen LogP contribution in [0.2, 0.25) is 0 Å². The van der Waals surface area contributed by atoms with Crippen LogP contribution in [0.15, 0.2) is 141 Å². The Labute approximate surface area is 418 Å². The molecule has 2 amide bonds. The predicted octanol–water partition coefficient (Wildman–Crippen LogP) is 5.71. The molecule has 1 unspecified atom stereocenters. The van der Waals surface area contributed by atoms with Crippen LogP contribution in [-0.2, 0) is 15.2 Å². The number of piperidine rings is 2. The second kappa shape index (κ2) is 22.1. The van der Waals surface area contributed by atoms with Crippen LogP contribution in [-0.4, -0.2) is 84.4 Å². The van der Waals surface area contributed by atoms with Gasteiger partial charge in [-0.05, 0) is 54.2 Å². The maximum absolute atomic E-state index is 14.8. The van der Waals surface area contributed by atoms with Crippen molar-refractivity contribution in [1.29, 1.82) is 5.26 Å². The number of hydrazine groups is 2. The first-order valence-electron chi connectivity index (χ1n) is 23.4. The summed E-state index contributed by atoms with van der Waals surface area (Å²) in [6.45, 7) is 1.23. The number of amides is 2. The maximum Gasteiger partial charge on any atom is 0.295 e. The number of H-pyrrole nitrogens is 2. The molecule has 0 saturated carbocycles. The average molecular weight is 990 g/mol. The fourth-order valence-electron chi connectivity index (χ4n) is 9.85. The van der Waals surface area contributed by atoms with E-state index in [1.807, 2.05) is 91.0 Å². The van der Waals surface area contributed by atoms with Crippen LogP contribution in [0.4, 0.5) is 20.4 Å². The number of Topliss-reactive ketones (excluding diaryl/α,β-unsaturated/α-hetero) is 2. The highest BCUT2D eigenvalue weighted by Gasteiger charge is 2.43. The minimum Gasteiger partial charge on any atom is -0.403 e. The molecule has 2 saturated heterocycles. The van der Waals surface area contributed by atoms with Gasteiger partial charge in [0.15, 0.2) is 23.3 Å². The Kier molecular flexibility index (Phi) is 15.3. The summed E-state index contributed by atoms with van der Waals surface area (Å²) in [4.78, 5) is 69.0. The number of nitriles is 1. The number of fused-ring (bicyclic) bond motifs is 2. The van der Waals surface area contributed by atoms with Crippen LogP contribution in [0.25, 0.3) is 21.8 Å². The van der Waals surface area contributed by atoms with Crippen molar-refractivity contribution in [1.82, 2.24) is 29.7 Å². The molecule has 11 N–H and O–H groups in total. The van der Waals surface area contributed by atoms with E-state index in [0.717, 1.165) is 39.1 Å². The van der Waals surface area contributed by atoms with Crippen LogP contribution < -0.4 is 33.2 Å². The number of aromatic nitrogens is 4. The standard InChI is InChI=1S/C29H29FN6O3.C24H24FN7O2/c30-23-18-34-27(36(32)16-13-31)25-24(23)22(17-33-25)26(37)28(38)35-14-11-21(12-15-35)29(39,19-7-3-1-4-8-19)20-9-5-2-6-10-20;25-19-14-30-23(32(28)11-8-26)21-20(19)18(13-29-21)22(33)24(34)31-9-6-16(7-10-31)17(12-27)15-4-2-1-3-5-15/h1-10,13,16-18,21,33,39H,11-12,14-15,31-32H2;1-5,8,11,13-14,16-17,29H,6-7,9-10,26,28H2/b16-13-;11-8-. The molecule has 1 atom stereocenters. The number of hydrogen-bond acceptors (Lipinski definition) is 14. The number of nitrogens with two attached hydrogens (primary N) is 4. The second-order valence-electron chi connectivity index (χ2n) is 17.6. The van der Waals surface area contributed by atoms with Crippen LogP contribution in [0.3, 0.4) is 0 Å². The van der Waals surface area contributed by atoms with Gasteiger partial charge in [-0.2, -0.15) is 5.26 Å². The average Bonchev–Trinajstić information content (AvgIpc) is 4.09. The van der Waals surface area contributed by atoms with Crippen LogP contribution in [0, 0.1) is 34.8 Å². The van der Waals surface area contributed by atoms with E-state index >= 15 is 0 Å². The number of likely N-dealkylation sites (tertiary alicyclic amines) is 2. The van der Waals surface area contributed by atoms with Crippen LogP contribution >= 0.6 is 0 Å². The van der Waals surface area contributed by atoms with E-state index in [-0.39, 0.29) is 75.4 Å². The normalized spacial score (nSPS) is 15.0. The Morgan fingerprint density at radius 3 is 1.48 bits per heavy atom. The molecule has 4 aromatic heterocycles. The van der Waals surface area contributed by atoms with Crippen molar-refractivity contribution in [3.63, 3.8) is 0 Å². The van der Waals surface area contributed by atoms with E-state index in [1.54, 1.807) is 0 Å². The smallest absolute Gasteiger partial charge is 0.295 e. The molecular formula is C53H53F2N13O5. The SMILES string of the molecule is N#CC(c1ccccc1)C1CCN(C(=O)C(=O)c2c[nH]c3c(N(N)/C=C\N)ncc(F)c23)CC1.N/C=C\N(N)c1ncc(F)c2c(C(=O)C(=O)N3CCC(C(O)(c4ccccc4)c4ccccc4)CC3)c[nH]c12. The summed E-state index contributed by atoms with van der Waals surface area (Å²) in [6, 6.07) is 30.9. The Hall–Kier alpha value is -8.77. The van der Waals surface area contributed by atoms with Gasteiger partial charge in [0.1, 0.15) is 5.60 Å². The van der Waals surface area contributed by atoms with Gasteiger partial charge in [0.05, 0.1) is 57.3 Å². The number of nitrogens with one attached hydrogen (secondary N) is 2. The first-order chi connectivity index (χ1) is 35.3. The fourth-order valence-corrected chi connectivity index (χ4v) is 9.85. The highest BCUT2D eigenvalue weighted by Crippen LogP contribution is 2.42. The van der Waals surface area contributed by atoms with Crippen LogP contribution in [0.1, 0.15) is 69.0 Å². The lowest BCUT2D eigenvalue weighted by Crippen LogP contribution is -2.47. The zero-order valence-corrected chi connectivity index (χ0v) is 39.4. The molecule has 3 aromatic carbocycles. The third-order valence-corrected chi connectivity index (χ3v) is 13.5. The summed E-state index contributed by atoms with van der Waals surface area (Å²) in [5, 5.41) is 23.8. The highest BCUT2D eigenvalue weighted by atomic mass is 19.1. The van der Waals surface area contributed by atoms with E-state index in [0.29, 0.717) is 38.8 Å². The number of nitrogens with zero attached hydrogens (tertiary/aromatic N) is 7. The summed E-state index contributed by atoms with van der Waals surface area (Å²) >= 11 is 0. The number of rotatable bonds is 13. The summed E-state index contributed by atoms with van der Waals surface area (Å²) in [7, 11) is 0. The second-order valence-corrected chi connectivity index (χ2v) is 17.6. The Morgan fingerprint density at radius 2 is 1.08 bits per heavy atom. The van der Waals surface area contributed by atoms with Gasteiger partial charge in [0.25, 0.3) is 23.4 Å². The first kappa shape index (κ1) is 50.6. The topological polar surface area (TPSA) is 287 Å². The predicted molar refractivity (Wildman–Crippen MR) is 270 cm³/mol. The van der Waals surface area contributed by atoms with E-state index in [2.05, 4.69) is 26.0 Å². The van der Waals surface area contributed by atoms with Crippen LogP contribution in [0.5, 0.6) is 0 Å². The van der Waals surface area contributed by atoms with Crippen molar-refractivity contribution in [2.45, 2.75) is 37.2 Å². The fraction of sp³-hybridized carbons (Fsp3) is 0.226. The number of halogens is 2. The molecule has 0 radical (unpaired) electrons. The van der Waals surface area contributed by atoms with Gasteiger partial charge < -0.3 is 36.3 Å². The number of ketones is 2. The number of pyridine rings is 2. The molecule has 9 rings (SSSR count). The largest absolute Gasteiger partial charge is 0.403 e. The number of hydrogen-bond donors (Lipinski definition) is 7. The van der Waals surface area contributed by atoms with Gasteiger partial charge in [-0.25, -0.2) is 30.4 Å². The number of aliphatic hydroxyl groups is 1. The molecule has 2 fully saturated rings. The lowest BCUT2D eigenvalue weighted by molar-refractivity contribution is -0.129. The summed E-state index contributed by atoms with van der Waals surface area (Å²) in [5.41, 5.74) is 12.1. The van der Waals surface area contributed by atoms with Gasteiger partial charge in [0.2, 0.25) is 0 Å². The number of aromatic amines is 2. The lowest BCUT2D eigenvalue weighted by atomic mass is 9.72. The molecule has 18 nitrogen and oxygen atoms in total. The first-order valence-corrected chi connectivity index (χ1v) is 23.4. The van der Waals surface area contributed by atoms with Gasteiger partial charge in [-0.1, -0.05) is 91.0 Å². The van der Waals surface area contributed by atoms with E-state index in [1.165, 1.54) is 47.0 Å². The zero-order chi connectivity index (χ0) is 51.8. The Bertz CT molecular complexity index is 3180. The summed E-state index contributed by atoms with van der Waals surface area (Å²) in [5.74, 6) is 7.04. The van der Waals surface area contributed by atoms with E-state index in [4.69, 9.17) is 23.2 Å². The zero-order valence-electron chi connectivity index (χ0n) is 39.4. The Balaban J connectivity index is 0.000000197. The van der Waals surface area contributed by atoms with E-state index < -0.39 is 40.6 Å². The summed E-state index contributed by atoms with van der Waals surface area (Å²) in [6.07, 6.45) is 11.6. The molecule has 20 heteroatoms. The lowest BCUT2D eigenvalue weighted by Gasteiger charge is -2.42. The van der Waals surface area contributed by atoms with Crippen molar-refractivity contribution >= 4 is 56.8 Å². The minimum atomic E-state index is -1.25. The minimum absolute atomic E-state index is 0.0623.